The smallest absolute Gasteiger partial charge is 0.186 e. The van der Waals surface area contributed by atoms with Crippen LogP contribution in [0.1, 0.15) is 13.3 Å². The normalized spacial score (nSPS) is 46.7. The number of halogens is 4. The Labute approximate surface area is 124 Å². The van der Waals surface area contributed by atoms with E-state index in [1.807, 2.05) is 6.92 Å². The summed E-state index contributed by atoms with van der Waals surface area (Å²) in [5, 5.41) is 4.23. The molecular weight excluding hydrogens is 320 g/mol. The van der Waals surface area contributed by atoms with E-state index < -0.39 is 9.75 Å². The van der Waals surface area contributed by atoms with E-state index in [0.29, 0.717) is 13.0 Å². The van der Waals surface area contributed by atoms with Gasteiger partial charge in [-0.25, -0.2) is 0 Å². The molecule has 0 saturated heterocycles. The molecule has 98 valence electrons. The molecule has 1 fully saturated rings. The first kappa shape index (κ1) is 13.0. The number of carbonyl (C=O) groups excluding carboxylic acids is 1. The van der Waals surface area contributed by atoms with Gasteiger partial charge in [0.2, 0.25) is 0 Å². The predicted molar refractivity (Wildman–Crippen MR) is 71.6 cm³/mol. The zero-order chi connectivity index (χ0) is 13.3. The van der Waals surface area contributed by atoms with E-state index in [4.69, 9.17) is 51.2 Å². The van der Waals surface area contributed by atoms with Crippen LogP contribution in [0.5, 0.6) is 0 Å². The van der Waals surface area contributed by atoms with Crippen LogP contribution in [0.15, 0.2) is 15.2 Å². The maximum Gasteiger partial charge on any atom is 0.186 e. The van der Waals surface area contributed by atoms with Crippen LogP contribution in [0, 0.1) is 11.8 Å². The summed E-state index contributed by atoms with van der Waals surface area (Å²) < 4.78 is 0. The number of nitrogens with zero attached hydrogens (tertiary/aromatic N) is 1. The molecule has 0 aromatic rings. The van der Waals surface area contributed by atoms with Crippen molar-refractivity contribution in [3.63, 3.8) is 0 Å². The molecule has 7 heteroatoms. The van der Waals surface area contributed by atoms with Crippen LogP contribution in [-0.2, 0) is 9.63 Å². The molecule has 2 bridgehead atoms. The van der Waals surface area contributed by atoms with Crippen LogP contribution in [-0.4, -0.2) is 27.9 Å². The van der Waals surface area contributed by atoms with Gasteiger partial charge in [0.05, 0.1) is 15.8 Å². The molecule has 1 heterocycles. The fourth-order valence-corrected chi connectivity index (χ4v) is 4.93. The molecule has 3 nitrogen and oxygen atoms in total. The summed E-state index contributed by atoms with van der Waals surface area (Å²) in [5.41, 5.74) is 0.732. The van der Waals surface area contributed by atoms with E-state index in [1.54, 1.807) is 0 Å². The number of hydrogen-bond donors (Lipinski definition) is 0. The van der Waals surface area contributed by atoms with E-state index in [1.165, 1.54) is 0 Å². The fraction of sp³-hybridized carbons (Fsp3) is 0.636. The lowest BCUT2D eigenvalue weighted by molar-refractivity contribution is -0.119. The molecule has 0 aromatic carbocycles. The van der Waals surface area contributed by atoms with Crippen molar-refractivity contribution in [2.24, 2.45) is 17.0 Å². The standard InChI is InChI=1S/C11H9Cl4NO2/c1-4-6(5-2-3-18-16-5)11(15)8(13)7(12)10(4,14)9(11)17/h4,6H,2-3H2,1H3/t4?,6?,10-,11+/m0/s1. The second-order valence-corrected chi connectivity index (χ2v) is 6.76. The van der Waals surface area contributed by atoms with Crippen molar-refractivity contribution in [3.05, 3.63) is 10.1 Å². The number of ketones is 1. The Bertz CT molecular complexity index is 517. The molecule has 3 rings (SSSR count). The second-order valence-electron chi connectivity index (χ2n) is 4.81. The average Bonchev–Trinajstić information content (AvgIpc) is 2.94. The minimum atomic E-state index is -1.38. The highest BCUT2D eigenvalue weighted by molar-refractivity contribution is 6.63. The third kappa shape index (κ3) is 1.20. The SMILES string of the molecule is CC1C(C2=NOCC2)[C@]2(Cl)C(=O)[C@@]1(Cl)C(Cl)=C2Cl. The second kappa shape index (κ2) is 3.78. The largest absolute Gasteiger partial charge is 0.395 e. The van der Waals surface area contributed by atoms with Gasteiger partial charge in [0, 0.05) is 12.3 Å². The van der Waals surface area contributed by atoms with Gasteiger partial charge in [0.15, 0.2) is 5.78 Å². The molecule has 2 aliphatic carbocycles. The molecule has 0 N–H and O–H groups in total. The molecule has 0 amide bonds. The minimum absolute atomic E-state index is 0.128. The summed E-state index contributed by atoms with van der Waals surface area (Å²) >= 11 is 25.1. The number of rotatable bonds is 1. The number of fused-ring (bicyclic) bond motifs is 2. The quantitative estimate of drug-likeness (QED) is 0.693. The first-order chi connectivity index (χ1) is 8.36. The Morgan fingerprint density at radius 3 is 2.39 bits per heavy atom. The summed E-state index contributed by atoms with van der Waals surface area (Å²) in [6.45, 7) is 2.33. The van der Waals surface area contributed by atoms with E-state index >= 15 is 0 Å². The highest BCUT2D eigenvalue weighted by atomic mass is 35.5. The predicted octanol–water partition coefficient (Wildman–Crippen LogP) is 3.26. The summed E-state index contributed by atoms with van der Waals surface area (Å²) in [7, 11) is 0. The van der Waals surface area contributed by atoms with E-state index in [9.17, 15) is 4.79 Å². The first-order valence-corrected chi connectivity index (χ1v) is 7.05. The van der Waals surface area contributed by atoms with Crippen LogP contribution in [0.2, 0.25) is 0 Å². The minimum Gasteiger partial charge on any atom is -0.395 e. The third-order valence-corrected chi connectivity index (χ3v) is 6.60. The Hall–Kier alpha value is 0.0400. The van der Waals surface area contributed by atoms with Crippen molar-refractivity contribution < 1.29 is 9.63 Å². The number of oxime groups is 1. The molecule has 0 aromatic heterocycles. The molecule has 4 atom stereocenters. The van der Waals surface area contributed by atoms with Gasteiger partial charge in [-0.3, -0.25) is 4.79 Å². The molecule has 0 spiro atoms. The van der Waals surface area contributed by atoms with Crippen LogP contribution < -0.4 is 0 Å². The van der Waals surface area contributed by atoms with Crippen LogP contribution in [0.25, 0.3) is 0 Å². The van der Waals surface area contributed by atoms with E-state index in [2.05, 4.69) is 5.16 Å². The lowest BCUT2D eigenvalue weighted by Crippen LogP contribution is -2.40. The molecular formula is C11H9Cl4NO2. The molecule has 2 unspecified atom stereocenters. The van der Waals surface area contributed by atoms with E-state index in [0.717, 1.165) is 5.71 Å². The monoisotopic (exact) mass is 327 g/mol. The zero-order valence-corrected chi connectivity index (χ0v) is 12.4. The van der Waals surface area contributed by atoms with Crippen molar-refractivity contribution >= 4 is 57.9 Å². The summed E-state index contributed by atoms with van der Waals surface area (Å²) in [5.74, 6) is -0.971. The third-order valence-electron chi connectivity index (χ3n) is 4.04. The zero-order valence-electron chi connectivity index (χ0n) is 9.34. The Morgan fingerprint density at radius 1 is 1.28 bits per heavy atom. The Kier molecular flexibility index (Phi) is 2.74. The highest BCUT2D eigenvalue weighted by Crippen LogP contribution is 2.66. The molecule has 3 aliphatic rings. The number of allylic oxidation sites excluding steroid dienone is 2. The maximum atomic E-state index is 12.4. The molecule has 0 radical (unpaired) electrons. The maximum absolute atomic E-state index is 12.4. The van der Waals surface area contributed by atoms with Gasteiger partial charge in [0.1, 0.15) is 16.4 Å². The van der Waals surface area contributed by atoms with Crippen molar-refractivity contribution in [3.8, 4) is 0 Å². The van der Waals surface area contributed by atoms with Crippen molar-refractivity contribution in [1.82, 2.24) is 0 Å². The van der Waals surface area contributed by atoms with Crippen molar-refractivity contribution in [2.45, 2.75) is 23.1 Å². The highest BCUT2D eigenvalue weighted by Gasteiger charge is 2.75. The Balaban J connectivity index is 2.19. The van der Waals surface area contributed by atoms with Crippen LogP contribution in [0.3, 0.4) is 0 Å². The van der Waals surface area contributed by atoms with Crippen molar-refractivity contribution in [1.29, 1.82) is 0 Å². The van der Waals surface area contributed by atoms with Gasteiger partial charge in [-0.1, -0.05) is 35.3 Å². The van der Waals surface area contributed by atoms with Gasteiger partial charge in [-0.15, -0.1) is 23.2 Å². The van der Waals surface area contributed by atoms with Gasteiger partial charge in [-0.2, -0.15) is 0 Å². The molecule has 1 aliphatic heterocycles. The molecule has 18 heavy (non-hydrogen) atoms. The molecule has 1 saturated carbocycles. The number of alkyl halides is 2. The first-order valence-electron chi connectivity index (χ1n) is 5.54. The number of Topliss-reactive ketones (excluding diaryl/α,β-unsaturated/α-hetero) is 1. The van der Waals surface area contributed by atoms with Gasteiger partial charge >= 0.3 is 0 Å². The summed E-state index contributed by atoms with van der Waals surface area (Å²) in [6, 6.07) is 0. The topological polar surface area (TPSA) is 38.7 Å². The summed E-state index contributed by atoms with van der Waals surface area (Å²) in [6.07, 6.45) is 0.630. The lowest BCUT2D eigenvalue weighted by atomic mass is 9.79. The van der Waals surface area contributed by atoms with Crippen LogP contribution in [0.4, 0.5) is 0 Å². The average molecular weight is 329 g/mol. The van der Waals surface area contributed by atoms with Crippen LogP contribution >= 0.6 is 46.4 Å². The van der Waals surface area contributed by atoms with Crippen molar-refractivity contribution in [2.75, 3.05) is 6.61 Å². The van der Waals surface area contributed by atoms with E-state index in [-0.39, 0.29) is 27.7 Å². The summed E-state index contributed by atoms with van der Waals surface area (Å²) in [4.78, 5) is 14.7. The van der Waals surface area contributed by atoms with Gasteiger partial charge in [0.25, 0.3) is 0 Å². The number of carbonyl (C=O) groups is 1. The van der Waals surface area contributed by atoms with Gasteiger partial charge in [-0.05, 0) is 5.92 Å². The Morgan fingerprint density at radius 2 is 1.89 bits per heavy atom. The fourth-order valence-electron chi connectivity index (χ4n) is 3.10. The lowest BCUT2D eigenvalue weighted by Gasteiger charge is -2.33. The van der Waals surface area contributed by atoms with Gasteiger partial charge < -0.3 is 4.84 Å². The number of hydrogen-bond acceptors (Lipinski definition) is 3.